The number of hydrogen-bond acceptors (Lipinski definition) is 3. The number of thiophene rings is 1. The molecule has 0 unspecified atom stereocenters. The van der Waals surface area contributed by atoms with Gasteiger partial charge in [0, 0.05) is 10.4 Å². The number of nitrogens with one attached hydrogen (secondary N) is 1. The molecule has 2 aromatic carbocycles. The summed E-state index contributed by atoms with van der Waals surface area (Å²) in [7, 11) is 0. The average molecular weight is 318 g/mol. The van der Waals surface area contributed by atoms with E-state index in [0.717, 1.165) is 10.4 Å². The Morgan fingerprint density at radius 2 is 1.74 bits per heavy atom. The van der Waals surface area contributed by atoms with E-state index in [1.165, 1.54) is 0 Å². The molecule has 1 N–H and O–H groups in total. The van der Waals surface area contributed by atoms with Gasteiger partial charge in [-0.05, 0) is 41.3 Å². The van der Waals surface area contributed by atoms with Crippen LogP contribution < -0.4 is 5.32 Å². The smallest absolute Gasteiger partial charge is 0.252 e. The maximum atomic E-state index is 12.5. The van der Waals surface area contributed by atoms with E-state index in [-0.39, 0.29) is 11.9 Å². The highest BCUT2D eigenvalue weighted by Crippen LogP contribution is 2.26. The Balaban J connectivity index is 1.86. The van der Waals surface area contributed by atoms with Crippen LogP contribution in [0.15, 0.2) is 72.1 Å². The Labute approximate surface area is 138 Å². The summed E-state index contributed by atoms with van der Waals surface area (Å²) >= 11 is 1.61. The van der Waals surface area contributed by atoms with Crippen LogP contribution in [0.2, 0.25) is 0 Å². The van der Waals surface area contributed by atoms with Crippen LogP contribution in [0.3, 0.4) is 0 Å². The van der Waals surface area contributed by atoms with Gasteiger partial charge in [0.05, 0.1) is 17.7 Å². The standard InChI is InChI=1S/C19H14N2OS/c20-13-14-8-10-16(11-9-14)19(22)21-18(17-7-4-12-23-17)15-5-2-1-3-6-15/h1-12,18H,(H,21,22)/t18-/m0/s1. The van der Waals surface area contributed by atoms with Crippen LogP contribution in [0, 0.1) is 11.3 Å². The van der Waals surface area contributed by atoms with Gasteiger partial charge in [0.15, 0.2) is 0 Å². The third-order valence-electron chi connectivity index (χ3n) is 3.51. The lowest BCUT2D eigenvalue weighted by Crippen LogP contribution is -2.28. The summed E-state index contributed by atoms with van der Waals surface area (Å²) < 4.78 is 0. The molecule has 0 spiro atoms. The van der Waals surface area contributed by atoms with Crippen molar-refractivity contribution >= 4 is 17.2 Å². The highest BCUT2D eigenvalue weighted by atomic mass is 32.1. The second kappa shape index (κ2) is 6.91. The van der Waals surface area contributed by atoms with Crippen molar-refractivity contribution in [3.63, 3.8) is 0 Å². The van der Waals surface area contributed by atoms with Gasteiger partial charge in [0.25, 0.3) is 5.91 Å². The largest absolute Gasteiger partial charge is 0.340 e. The fourth-order valence-corrected chi connectivity index (χ4v) is 3.13. The van der Waals surface area contributed by atoms with Crippen molar-refractivity contribution in [3.8, 4) is 6.07 Å². The van der Waals surface area contributed by atoms with E-state index in [1.807, 2.05) is 47.8 Å². The summed E-state index contributed by atoms with van der Waals surface area (Å²) in [5.74, 6) is -0.156. The summed E-state index contributed by atoms with van der Waals surface area (Å²) in [6.45, 7) is 0. The van der Waals surface area contributed by atoms with Gasteiger partial charge in [-0.25, -0.2) is 0 Å². The third-order valence-corrected chi connectivity index (χ3v) is 4.45. The minimum atomic E-state index is -0.181. The fourth-order valence-electron chi connectivity index (χ4n) is 2.33. The summed E-state index contributed by atoms with van der Waals surface area (Å²) in [5.41, 5.74) is 2.12. The van der Waals surface area contributed by atoms with Crippen molar-refractivity contribution in [1.29, 1.82) is 5.26 Å². The predicted octanol–water partition coefficient (Wildman–Crippen LogP) is 4.14. The lowest BCUT2D eigenvalue weighted by atomic mass is 10.0. The lowest BCUT2D eigenvalue weighted by molar-refractivity contribution is 0.0943. The first-order valence-corrected chi connectivity index (χ1v) is 8.05. The minimum absolute atomic E-state index is 0.156. The summed E-state index contributed by atoms with van der Waals surface area (Å²) in [5, 5.41) is 13.9. The fraction of sp³-hybridized carbons (Fsp3) is 0.0526. The molecule has 0 fully saturated rings. The molecule has 0 saturated heterocycles. The number of carbonyl (C=O) groups excluding carboxylic acids is 1. The van der Waals surface area contributed by atoms with E-state index in [9.17, 15) is 4.79 Å². The normalized spacial score (nSPS) is 11.4. The SMILES string of the molecule is N#Cc1ccc(C(=O)N[C@@H](c2ccccc2)c2cccs2)cc1. The van der Waals surface area contributed by atoms with E-state index in [0.29, 0.717) is 11.1 Å². The molecule has 1 aromatic heterocycles. The van der Waals surface area contributed by atoms with Gasteiger partial charge in [0.2, 0.25) is 0 Å². The predicted molar refractivity (Wildman–Crippen MR) is 91.2 cm³/mol. The van der Waals surface area contributed by atoms with Gasteiger partial charge >= 0.3 is 0 Å². The number of benzene rings is 2. The van der Waals surface area contributed by atoms with Crippen molar-refractivity contribution < 1.29 is 4.79 Å². The molecule has 3 rings (SSSR count). The third kappa shape index (κ3) is 3.47. The molecule has 3 nitrogen and oxygen atoms in total. The molecule has 0 aliphatic carbocycles. The molecule has 112 valence electrons. The average Bonchev–Trinajstić information content (AvgIpc) is 3.14. The number of amides is 1. The van der Waals surface area contributed by atoms with E-state index in [4.69, 9.17) is 5.26 Å². The maximum absolute atomic E-state index is 12.5. The van der Waals surface area contributed by atoms with Crippen LogP contribution in [0.25, 0.3) is 0 Å². The molecular weight excluding hydrogens is 304 g/mol. The quantitative estimate of drug-likeness (QED) is 0.786. The van der Waals surface area contributed by atoms with Crippen molar-refractivity contribution in [3.05, 3.63) is 93.7 Å². The number of rotatable bonds is 4. The van der Waals surface area contributed by atoms with E-state index >= 15 is 0 Å². The Morgan fingerprint density at radius 1 is 1.00 bits per heavy atom. The maximum Gasteiger partial charge on any atom is 0.252 e. The molecule has 23 heavy (non-hydrogen) atoms. The van der Waals surface area contributed by atoms with Gasteiger partial charge in [-0.2, -0.15) is 5.26 Å². The molecule has 0 radical (unpaired) electrons. The number of carbonyl (C=O) groups is 1. The van der Waals surface area contributed by atoms with Crippen molar-refractivity contribution in [1.82, 2.24) is 5.32 Å². The van der Waals surface area contributed by atoms with Crippen LogP contribution in [-0.2, 0) is 0 Å². The Morgan fingerprint density at radius 3 is 2.35 bits per heavy atom. The summed E-state index contributed by atoms with van der Waals surface area (Å²) in [4.78, 5) is 13.6. The highest BCUT2D eigenvalue weighted by Gasteiger charge is 2.18. The van der Waals surface area contributed by atoms with Gasteiger partial charge in [-0.3, -0.25) is 4.79 Å². The Kier molecular flexibility index (Phi) is 4.51. The van der Waals surface area contributed by atoms with Crippen LogP contribution in [-0.4, -0.2) is 5.91 Å². The van der Waals surface area contributed by atoms with Gasteiger partial charge < -0.3 is 5.32 Å². The molecule has 0 aliphatic heterocycles. The van der Waals surface area contributed by atoms with Crippen LogP contribution in [0.1, 0.15) is 32.4 Å². The van der Waals surface area contributed by atoms with E-state index in [1.54, 1.807) is 35.6 Å². The Bertz CT molecular complexity index is 818. The molecule has 3 aromatic rings. The van der Waals surface area contributed by atoms with Gasteiger partial charge in [0.1, 0.15) is 0 Å². The summed E-state index contributed by atoms with van der Waals surface area (Å²) in [6.07, 6.45) is 0. The zero-order valence-corrected chi connectivity index (χ0v) is 13.1. The topological polar surface area (TPSA) is 52.9 Å². The number of hydrogen-bond donors (Lipinski definition) is 1. The first kappa shape index (κ1) is 15.0. The number of nitrogens with zero attached hydrogens (tertiary/aromatic N) is 1. The molecule has 1 amide bonds. The first-order chi connectivity index (χ1) is 11.3. The minimum Gasteiger partial charge on any atom is -0.340 e. The van der Waals surface area contributed by atoms with Crippen LogP contribution in [0.4, 0.5) is 0 Å². The highest BCUT2D eigenvalue weighted by molar-refractivity contribution is 7.10. The molecule has 1 atom stereocenters. The summed E-state index contributed by atoms with van der Waals surface area (Å²) in [6, 6.07) is 22.4. The van der Waals surface area contributed by atoms with Gasteiger partial charge in [-0.15, -0.1) is 11.3 Å². The second-order valence-electron chi connectivity index (χ2n) is 5.02. The van der Waals surface area contributed by atoms with Crippen molar-refractivity contribution in [2.75, 3.05) is 0 Å². The number of nitriles is 1. The molecule has 1 heterocycles. The van der Waals surface area contributed by atoms with Crippen LogP contribution >= 0.6 is 11.3 Å². The zero-order valence-electron chi connectivity index (χ0n) is 12.3. The lowest BCUT2D eigenvalue weighted by Gasteiger charge is -2.18. The molecule has 4 heteroatoms. The second-order valence-corrected chi connectivity index (χ2v) is 6.00. The van der Waals surface area contributed by atoms with Gasteiger partial charge in [-0.1, -0.05) is 36.4 Å². The zero-order chi connectivity index (χ0) is 16.1. The van der Waals surface area contributed by atoms with Crippen LogP contribution in [0.5, 0.6) is 0 Å². The molecule has 0 aliphatic rings. The first-order valence-electron chi connectivity index (χ1n) is 7.17. The monoisotopic (exact) mass is 318 g/mol. The molecular formula is C19H14N2OS. The van der Waals surface area contributed by atoms with E-state index < -0.39 is 0 Å². The molecule has 0 bridgehead atoms. The molecule has 0 saturated carbocycles. The Hall–Kier alpha value is -2.90. The van der Waals surface area contributed by atoms with E-state index in [2.05, 4.69) is 11.4 Å². The van der Waals surface area contributed by atoms with Crippen molar-refractivity contribution in [2.24, 2.45) is 0 Å². The van der Waals surface area contributed by atoms with Crippen molar-refractivity contribution in [2.45, 2.75) is 6.04 Å².